The summed E-state index contributed by atoms with van der Waals surface area (Å²) in [5, 5.41) is 0. The molecule has 0 saturated heterocycles. The average Bonchev–Trinajstić information content (AvgIpc) is 2.33. The van der Waals surface area contributed by atoms with Crippen LogP contribution in [0.25, 0.3) is 0 Å². The highest BCUT2D eigenvalue weighted by Gasteiger charge is 2.35. The van der Waals surface area contributed by atoms with Crippen LogP contribution in [0.15, 0.2) is 12.1 Å². The Hall–Kier alpha value is -2.24. The van der Waals surface area contributed by atoms with Crippen molar-refractivity contribution in [3.8, 4) is 17.2 Å². The molecule has 0 atom stereocenters. The molecule has 0 saturated carbocycles. The maximum Gasteiger partial charge on any atom is 0.255 e. The maximum absolute atomic E-state index is 12.2. The van der Waals surface area contributed by atoms with Crippen LogP contribution in [0.4, 0.5) is 0 Å². The summed E-state index contributed by atoms with van der Waals surface area (Å²) < 4.78 is 16.2. The van der Waals surface area contributed by atoms with Crippen LogP contribution in [0.5, 0.6) is 17.2 Å². The lowest BCUT2D eigenvalue weighted by atomic mass is 9.92. The number of hydrogen-bond acceptors (Lipinski definition) is 5. The molecule has 6 heteroatoms. The molecule has 0 radical (unpaired) electrons. The number of benzene rings is 1. The molecule has 1 aliphatic rings. The molecule has 0 spiro atoms. The quantitative estimate of drug-likeness (QED) is 0.897. The van der Waals surface area contributed by atoms with Gasteiger partial charge in [-0.1, -0.05) is 0 Å². The summed E-state index contributed by atoms with van der Waals surface area (Å²) in [6.07, 6.45) is 0.235. The Morgan fingerprint density at radius 2 is 2.15 bits per heavy atom. The topological polar surface area (TPSA) is 87.8 Å². The molecule has 108 valence electrons. The van der Waals surface area contributed by atoms with Gasteiger partial charge in [0.05, 0.1) is 13.5 Å². The number of ether oxygens (including phenoxy) is 3. The van der Waals surface area contributed by atoms with Gasteiger partial charge in [-0.3, -0.25) is 9.59 Å². The predicted octanol–water partition coefficient (Wildman–Crippen LogP) is 1.30. The van der Waals surface area contributed by atoms with Crippen molar-refractivity contribution in [2.45, 2.75) is 25.9 Å². The van der Waals surface area contributed by atoms with Crippen LogP contribution in [0.1, 0.15) is 30.6 Å². The molecule has 2 rings (SSSR count). The van der Waals surface area contributed by atoms with Crippen molar-refractivity contribution in [1.29, 1.82) is 0 Å². The van der Waals surface area contributed by atoms with E-state index in [1.807, 2.05) is 13.8 Å². The Kier molecular flexibility index (Phi) is 3.57. The Bertz CT molecular complexity index is 565. The SMILES string of the molecule is COc1cc(OCC(N)=O)c2c(c1)OC(C)(C)CC2=O. The zero-order valence-electron chi connectivity index (χ0n) is 11.7. The predicted molar refractivity (Wildman–Crippen MR) is 71.3 cm³/mol. The highest BCUT2D eigenvalue weighted by molar-refractivity contribution is 6.03. The van der Waals surface area contributed by atoms with Gasteiger partial charge in [0, 0.05) is 12.1 Å². The molecule has 1 aromatic rings. The van der Waals surface area contributed by atoms with Crippen molar-refractivity contribution in [1.82, 2.24) is 0 Å². The molecule has 0 bridgehead atoms. The van der Waals surface area contributed by atoms with Crippen molar-refractivity contribution in [2.24, 2.45) is 5.73 Å². The van der Waals surface area contributed by atoms with Gasteiger partial charge in [-0.15, -0.1) is 0 Å². The van der Waals surface area contributed by atoms with E-state index in [4.69, 9.17) is 19.9 Å². The van der Waals surface area contributed by atoms with Crippen molar-refractivity contribution in [3.05, 3.63) is 17.7 Å². The first-order chi connectivity index (χ1) is 9.32. The van der Waals surface area contributed by atoms with E-state index in [0.717, 1.165) is 0 Å². The van der Waals surface area contributed by atoms with Gasteiger partial charge in [-0.2, -0.15) is 0 Å². The molecule has 2 N–H and O–H groups in total. The minimum absolute atomic E-state index is 0.0987. The Balaban J connectivity index is 2.46. The first-order valence-electron chi connectivity index (χ1n) is 6.18. The van der Waals surface area contributed by atoms with E-state index >= 15 is 0 Å². The van der Waals surface area contributed by atoms with E-state index in [1.165, 1.54) is 7.11 Å². The van der Waals surface area contributed by atoms with Crippen molar-refractivity contribution in [3.63, 3.8) is 0 Å². The largest absolute Gasteiger partial charge is 0.496 e. The third-order valence-electron chi connectivity index (χ3n) is 2.90. The minimum Gasteiger partial charge on any atom is -0.496 e. The normalized spacial score (nSPS) is 16.1. The van der Waals surface area contributed by atoms with Gasteiger partial charge in [0.2, 0.25) is 0 Å². The molecular weight excluding hydrogens is 262 g/mol. The standard InChI is InChI=1S/C14H17NO5/c1-14(2)6-9(16)13-10(19-7-12(15)17)4-8(18-3)5-11(13)20-14/h4-5H,6-7H2,1-3H3,(H2,15,17). The second kappa shape index (κ2) is 5.03. The van der Waals surface area contributed by atoms with E-state index in [-0.39, 0.29) is 24.6 Å². The molecule has 6 nitrogen and oxygen atoms in total. The lowest BCUT2D eigenvalue weighted by molar-refractivity contribution is -0.120. The number of fused-ring (bicyclic) bond motifs is 1. The second-order valence-corrected chi connectivity index (χ2v) is 5.22. The number of amides is 1. The molecule has 0 aromatic heterocycles. The van der Waals surface area contributed by atoms with Crippen LogP contribution in [0.2, 0.25) is 0 Å². The molecule has 0 fully saturated rings. The van der Waals surface area contributed by atoms with Crippen LogP contribution < -0.4 is 19.9 Å². The average molecular weight is 279 g/mol. The van der Waals surface area contributed by atoms with E-state index in [2.05, 4.69) is 0 Å². The lowest BCUT2D eigenvalue weighted by Gasteiger charge is -2.32. The van der Waals surface area contributed by atoms with Gasteiger partial charge in [-0.25, -0.2) is 0 Å². The maximum atomic E-state index is 12.2. The van der Waals surface area contributed by atoms with Crippen molar-refractivity contribution < 1.29 is 23.8 Å². The van der Waals surface area contributed by atoms with Crippen LogP contribution in [-0.2, 0) is 4.79 Å². The number of primary amides is 1. The van der Waals surface area contributed by atoms with Crippen LogP contribution in [0.3, 0.4) is 0 Å². The van der Waals surface area contributed by atoms with Gasteiger partial charge >= 0.3 is 0 Å². The second-order valence-electron chi connectivity index (χ2n) is 5.22. The van der Waals surface area contributed by atoms with Gasteiger partial charge in [0.1, 0.15) is 28.4 Å². The van der Waals surface area contributed by atoms with E-state index in [0.29, 0.717) is 17.1 Å². The highest BCUT2D eigenvalue weighted by atomic mass is 16.5. The number of rotatable bonds is 4. The Morgan fingerprint density at radius 1 is 1.45 bits per heavy atom. The summed E-state index contributed by atoms with van der Waals surface area (Å²) in [5.41, 5.74) is 4.79. The zero-order chi connectivity index (χ0) is 14.9. The molecule has 1 aliphatic heterocycles. The smallest absolute Gasteiger partial charge is 0.255 e. The van der Waals surface area contributed by atoms with E-state index in [9.17, 15) is 9.59 Å². The molecular formula is C14H17NO5. The number of methoxy groups -OCH3 is 1. The number of carbonyl (C=O) groups excluding carboxylic acids is 2. The molecule has 1 amide bonds. The fourth-order valence-corrected chi connectivity index (χ4v) is 2.11. The van der Waals surface area contributed by atoms with Crippen LogP contribution in [-0.4, -0.2) is 31.0 Å². The third-order valence-corrected chi connectivity index (χ3v) is 2.90. The molecule has 0 aliphatic carbocycles. The number of Topliss-reactive ketones (excluding diaryl/α,β-unsaturated/α-hetero) is 1. The summed E-state index contributed by atoms with van der Waals surface area (Å²) in [6.45, 7) is 3.35. The molecule has 20 heavy (non-hydrogen) atoms. The van der Waals surface area contributed by atoms with E-state index in [1.54, 1.807) is 12.1 Å². The van der Waals surface area contributed by atoms with Gasteiger partial charge in [0.25, 0.3) is 5.91 Å². The van der Waals surface area contributed by atoms with Gasteiger partial charge < -0.3 is 19.9 Å². The number of hydrogen-bond donors (Lipinski definition) is 1. The van der Waals surface area contributed by atoms with Crippen LogP contribution in [0, 0.1) is 0 Å². The number of carbonyl (C=O) groups is 2. The first kappa shape index (κ1) is 14.2. The summed E-state index contributed by atoms with van der Waals surface area (Å²) >= 11 is 0. The fourth-order valence-electron chi connectivity index (χ4n) is 2.11. The fraction of sp³-hybridized carbons (Fsp3) is 0.429. The van der Waals surface area contributed by atoms with Crippen molar-refractivity contribution >= 4 is 11.7 Å². The summed E-state index contributed by atoms with van der Waals surface area (Å²) in [6, 6.07) is 3.17. The Morgan fingerprint density at radius 3 is 2.75 bits per heavy atom. The summed E-state index contributed by atoms with van der Waals surface area (Å²) in [4.78, 5) is 23.1. The summed E-state index contributed by atoms with van der Waals surface area (Å²) in [5.74, 6) is 0.405. The lowest BCUT2D eigenvalue weighted by Crippen LogP contribution is -2.36. The Labute approximate surface area is 116 Å². The zero-order valence-corrected chi connectivity index (χ0v) is 11.7. The third kappa shape index (κ3) is 2.84. The summed E-state index contributed by atoms with van der Waals surface area (Å²) in [7, 11) is 1.50. The molecule has 1 aromatic carbocycles. The highest BCUT2D eigenvalue weighted by Crippen LogP contribution is 2.41. The van der Waals surface area contributed by atoms with Crippen LogP contribution >= 0.6 is 0 Å². The van der Waals surface area contributed by atoms with Gasteiger partial charge in [0.15, 0.2) is 12.4 Å². The molecule has 0 unspecified atom stereocenters. The van der Waals surface area contributed by atoms with E-state index < -0.39 is 11.5 Å². The van der Waals surface area contributed by atoms with Crippen molar-refractivity contribution in [2.75, 3.05) is 13.7 Å². The number of nitrogens with two attached hydrogens (primary N) is 1. The monoisotopic (exact) mass is 279 g/mol. The number of ketones is 1. The van der Waals surface area contributed by atoms with Gasteiger partial charge in [-0.05, 0) is 13.8 Å². The minimum atomic E-state index is -0.619. The first-order valence-corrected chi connectivity index (χ1v) is 6.18. The molecule has 1 heterocycles.